The minimum absolute atomic E-state index is 0.156. The van der Waals surface area contributed by atoms with Gasteiger partial charge in [-0.05, 0) is 13.8 Å². The van der Waals surface area contributed by atoms with Crippen LogP contribution in [0.2, 0.25) is 0 Å². The van der Waals surface area contributed by atoms with Crippen LogP contribution in [0.4, 0.5) is 8.78 Å². The van der Waals surface area contributed by atoms with Crippen LogP contribution in [0.3, 0.4) is 0 Å². The van der Waals surface area contributed by atoms with Crippen LogP contribution < -0.4 is 0 Å². The number of fused-ring (bicyclic) bond motifs is 1. The molecule has 2 aliphatic heterocycles. The second kappa shape index (κ2) is 4.13. The molecule has 1 fully saturated rings. The van der Waals surface area contributed by atoms with E-state index >= 15 is 0 Å². The van der Waals surface area contributed by atoms with Gasteiger partial charge in [0.15, 0.2) is 6.10 Å². The summed E-state index contributed by atoms with van der Waals surface area (Å²) in [4.78, 5) is 16.1. The van der Waals surface area contributed by atoms with Gasteiger partial charge >= 0.3 is 11.9 Å². The summed E-state index contributed by atoms with van der Waals surface area (Å²) in [7, 11) is 0. The third-order valence-electron chi connectivity index (χ3n) is 3.02. The number of hydrogen-bond acceptors (Lipinski definition) is 6. The van der Waals surface area contributed by atoms with Crippen LogP contribution in [0.1, 0.15) is 13.8 Å². The number of carbonyl (C=O) groups is 1. The largest absolute Gasteiger partial charge is 0.461 e. The van der Waals surface area contributed by atoms with Gasteiger partial charge in [0.25, 0.3) is 5.79 Å². The van der Waals surface area contributed by atoms with E-state index in [9.17, 15) is 18.7 Å². The second-order valence-electron chi connectivity index (χ2n) is 4.16. The van der Waals surface area contributed by atoms with Gasteiger partial charge < -0.3 is 19.4 Å². The normalized spacial score (nSPS) is 34.8. The van der Waals surface area contributed by atoms with Crippen molar-refractivity contribution in [2.45, 2.75) is 31.7 Å². The summed E-state index contributed by atoms with van der Waals surface area (Å²) in [5, 5.41) is 13.5. The van der Waals surface area contributed by atoms with Crippen LogP contribution >= 0.6 is 0 Å². The van der Waals surface area contributed by atoms with Gasteiger partial charge in [0.05, 0.1) is 18.9 Å². The van der Waals surface area contributed by atoms with Gasteiger partial charge in [-0.25, -0.2) is 4.79 Å². The lowest BCUT2D eigenvalue weighted by molar-refractivity contribution is -0.302. The van der Waals surface area contributed by atoms with Crippen molar-refractivity contribution in [3.8, 4) is 0 Å². The number of nitrogens with zero attached hydrogens (tertiary/aromatic N) is 1. The van der Waals surface area contributed by atoms with Crippen LogP contribution in [0.15, 0.2) is 5.16 Å². The number of ether oxygens (including phenoxy) is 2. The van der Waals surface area contributed by atoms with E-state index in [4.69, 9.17) is 9.57 Å². The molecule has 102 valence electrons. The van der Waals surface area contributed by atoms with E-state index in [-0.39, 0.29) is 18.9 Å². The number of oxime groups is 1. The monoisotopic (exact) mass is 265 g/mol. The Morgan fingerprint density at radius 3 is 3.00 bits per heavy atom. The van der Waals surface area contributed by atoms with Crippen LogP contribution in [0.25, 0.3) is 0 Å². The molecule has 0 aliphatic carbocycles. The van der Waals surface area contributed by atoms with Crippen molar-refractivity contribution in [2.75, 3.05) is 13.2 Å². The van der Waals surface area contributed by atoms with Crippen molar-refractivity contribution >= 4 is 11.7 Å². The van der Waals surface area contributed by atoms with Gasteiger partial charge in [-0.1, -0.05) is 5.16 Å². The predicted octanol–water partition coefficient (Wildman–Crippen LogP) is 0.294. The molecule has 2 heterocycles. The number of halogens is 2. The van der Waals surface area contributed by atoms with E-state index in [0.717, 1.165) is 0 Å². The van der Waals surface area contributed by atoms with Crippen LogP contribution in [0, 0.1) is 5.92 Å². The standard InChI is InChI=1S/C10H13F2NO5/c1-3-16-8(14)9(11,12)10(15)7-5(2)13-18-6(7)4-17-10/h6-7,15H,3-4H2,1-2H3/t6-,7-,10?/m1/s1. The van der Waals surface area contributed by atoms with Crippen molar-refractivity contribution in [1.29, 1.82) is 0 Å². The van der Waals surface area contributed by atoms with Crippen molar-refractivity contribution in [1.82, 2.24) is 0 Å². The van der Waals surface area contributed by atoms with Gasteiger partial charge in [-0.15, -0.1) is 0 Å². The first-order valence-corrected chi connectivity index (χ1v) is 5.46. The van der Waals surface area contributed by atoms with Gasteiger partial charge in [0, 0.05) is 0 Å². The quantitative estimate of drug-likeness (QED) is 0.742. The first-order valence-electron chi connectivity index (χ1n) is 5.46. The molecule has 6 nitrogen and oxygen atoms in total. The minimum atomic E-state index is -4.19. The average molecular weight is 265 g/mol. The number of alkyl halides is 2. The first kappa shape index (κ1) is 13.2. The Hall–Kier alpha value is -1.28. The second-order valence-corrected chi connectivity index (χ2v) is 4.16. The Bertz CT molecular complexity index is 400. The molecule has 3 atom stereocenters. The number of hydrogen-bond donors (Lipinski definition) is 1. The van der Waals surface area contributed by atoms with Crippen molar-refractivity contribution < 1.29 is 33.0 Å². The Morgan fingerprint density at radius 2 is 2.39 bits per heavy atom. The molecule has 1 saturated heterocycles. The molecule has 8 heteroatoms. The molecule has 0 spiro atoms. The summed E-state index contributed by atoms with van der Waals surface area (Å²) < 4.78 is 36.9. The Kier molecular flexibility index (Phi) is 3.02. The fourth-order valence-electron chi connectivity index (χ4n) is 2.15. The van der Waals surface area contributed by atoms with E-state index in [1.165, 1.54) is 13.8 Å². The van der Waals surface area contributed by atoms with Crippen LogP contribution in [0.5, 0.6) is 0 Å². The zero-order valence-corrected chi connectivity index (χ0v) is 9.85. The highest BCUT2D eigenvalue weighted by Crippen LogP contribution is 2.46. The number of esters is 1. The van der Waals surface area contributed by atoms with Crippen LogP contribution in [-0.2, 0) is 19.1 Å². The molecule has 2 rings (SSSR count). The molecule has 0 amide bonds. The Balaban J connectivity index is 2.31. The lowest BCUT2D eigenvalue weighted by Gasteiger charge is -2.32. The molecular formula is C10H13F2NO5. The highest BCUT2D eigenvalue weighted by molar-refractivity contribution is 5.89. The SMILES string of the molecule is CCOC(=O)C(F)(F)C1(O)OC[C@H]2ON=C(C)[C@H]21. The molecule has 0 saturated carbocycles. The molecule has 1 unspecified atom stereocenters. The van der Waals surface area contributed by atoms with E-state index in [1.807, 2.05) is 0 Å². The van der Waals surface area contributed by atoms with Gasteiger partial charge in [-0.3, -0.25) is 0 Å². The molecule has 0 aromatic rings. The average Bonchev–Trinajstić information content (AvgIpc) is 2.83. The molecule has 1 N–H and O–H groups in total. The molecule has 2 aliphatic rings. The van der Waals surface area contributed by atoms with Gasteiger partial charge in [-0.2, -0.15) is 8.78 Å². The molecule has 0 aromatic heterocycles. The molecule has 0 aromatic carbocycles. The Labute approximate surface area is 101 Å². The smallest absolute Gasteiger partial charge is 0.395 e. The predicted molar refractivity (Wildman–Crippen MR) is 54.0 cm³/mol. The fraction of sp³-hybridized carbons (Fsp3) is 0.800. The van der Waals surface area contributed by atoms with Crippen LogP contribution in [-0.4, -0.2) is 47.8 Å². The minimum Gasteiger partial charge on any atom is -0.461 e. The van der Waals surface area contributed by atoms with Crippen molar-refractivity contribution in [2.24, 2.45) is 11.1 Å². The van der Waals surface area contributed by atoms with Crippen molar-refractivity contribution in [3.63, 3.8) is 0 Å². The van der Waals surface area contributed by atoms with E-state index < -0.39 is 29.7 Å². The lowest BCUT2D eigenvalue weighted by Crippen LogP contribution is -2.59. The molecule has 18 heavy (non-hydrogen) atoms. The maximum absolute atomic E-state index is 13.9. The van der Waals surface area contributed by atoms with Gasteiger partial charge in [0.2, 0.25) is 0 Å². The molecular weight excluding hydrogens is 252 g/mol. The highest BCUT2D eigenvalue weighted by atomic mass is 19.3. The lowest BCUT2D eigenvalue weighted by atomic mass is 9.87. The number of carbonyl (C=O) groups excluding carboxylic acids is 1. The summed E-state index contributed by atoms with van der Waals surface area (Å²) in [5.41, 5.74) is 0.156. The molecule has 0 radical (unpaired) electrons. The highest BCUT2D eigenvalue weighted by Gasteiger charge is 2.71. The third kappa shape index (κ3) is 1.59. The summed E-state index contributed by atoms with van der Waals surface area (Å²) in [6.45, 7) is 2.33. The number of rotatable bonds is 3. The van der Waals surface area contributed by atoms with E-state index in [0.29, 0.717) is 0 Å². The van der Waals surface area contributed by atoms with E-state index in [2.05, 4.69) is 9.89 Å². The van der Waals surface area contributed by atoms with Gasteiger partial charge in [0.1, 0.15) is 5.92 Å². The van der Waals surface area contributed by atoms with Crippen molar-refractivity contribution in [3.05, 3.63) is 0 Å². The summed E-state index contributed by atoms with van der Waals surface area (Å²) in [6.07, 6.45) is -0.810. The fourth-order valence-corrected chi connectivity index (χ4v) is 2.15. The zero-order chi connectivity index (χ0) is 13.6. The zero-order valence-electron chi connectivity index (χ0n) is 9.85. The summed E-state index contributed by atoms with van der Waals surface area (Å²) >= 11 is 0. The third-order valence-corrected chi connectivity index (χ3v) is 3.02. The Morgan fingerprint density at radius 1 is 1.72 bits per heavy atom. The summed E-state index contributed by atoms with van der Waals surface area (Å²) in [6, 6.07) is 0. The molecule has 0 bridgehead atoms. The first-order chi connectivity index (χ1) is 8.34. The maximum atomic E-state index is 13.9. The topological polar surface area (TPSA) is 77.4 Å². The van der Waals surface area contributed by atoms with E-state index in [1.54, 1.807) is 0 Å². The summed E-state index contributed by atoms with van der Waals surface area (Å²) in [5.74, 6) is -10.2. The maximum Gasteiger partial charge on any atom is 0.395 e. The number of aliphatic hydroxyl groups is 1.